The fourth-order valence-electron chi connectivity index (χ4n) is 3.94. The summed E-state index contributed by atoms with van der Waals surface area (Å²) in [5.74, 6) is 0.839. The molecule has 0 aliphatic carbocycles. The normalized spacial score (nSPS) is 14.3. The number of aromatic hydroxyl groups is 2. The average molecular weight is 418 g/mol. The van der Waals surface area contributed by atoms with Crippen molar-refractivity contribution < 1.29 is 19.7 Å². The molecule has 4 rings (SSSR count). The molecule has 0 amide bonds. The molecule has 1 heterocycles. The fraction of sp³-hybridized carbons (Fsp3) is 0.269. The Balaban J connectivity index is 1.46. The number of ether oxygens (including phenoxy) is 1. The molecule has 0 aromatic heterocycles. The molecule has 0 atom stereocenters. The molecular formula is C26H27NO4. The van der Waals surface area contributed by atoms with Crippen molar-refractivity contribution in [3.63, 3.8) is 0 Å². The minimum absolute atomic E-state index is 0.0806. The second kappa shape index (κ2) is 9.67. The van der Waals surface area contributed by atoms with Crippen molar-refractivity contribution in [3.05, 3.63) is 77.9 Å². The summed E-state index contributed by atoms with van der Waals surface area (Å²) in [6.07, 6.45) is 3.85. The third-order valence-corrected chi connectivity index (χ3v) is 5.67. The van der Waals surface area contributed by atoms with Gasteiger partial charge >= 0.3 is 0 Å². The lowest BCUT2D eigenvalue weighted by Gasteiger charge is -2.26. The first kappa shape index (κ1) is 20.9. The van der Waals surface area contributed by atoms with Crippen molar-refractivity contribution in [2.45, 2.75) is 19.3 Å². The number of nitrogens with zero attached hydrogens (tertiary/aromatic N) is 1. The van der Waals surface area contributed by atoms with Crippen LogP contribution in [0.1, 0.15) is 35.2 Å². The van der Waals surface area contributed by atoms with Crippen LogP contribution in [0.2, 0.25) is 0 Å². The number of phenolic OH excluding ortho intramolecular Hbond substituents is 2. The van der Waals surface area contributed by atoms with Gasteiger partial charge in [-0.2, -0.15) is 0 Å². The lowest BCUT2D eigenvalue weighted by molar-refractivity contribution is 0.103. The van der Waals surface area contributed by atoms with E-state index >= 15 is 0 Å². The van der Waals surface area contributed by atoms with Gasteiger partial charge in [-0.15, -0.1) is 0 Å². The van der Waals surface area contributed by atoms with E-state index in [-0.39, 0.29) is 17.3 Å². The van der Waals surface area contributed by atoms with Crippen LogP contribution in [0.5, 0.6) is 17.2 Å². The molecule has 5 nitrogen and oxygen atoms in total. The molecule has 3 aromatic rings. The molecule has 0 saturated carbocycles. The maximum absolute atomic E-state index is 13.2. The van der Waals surface area contributed by atoms with Gasteiger partial charge in [-0.1, -0.05) is 18.6 Å². The lowest BCUT2D eigenvalue weighted by Crippen LogP contribution is -2.33. The number of likely N-dealkylation sites (tertiary alicyclic amines) is 1. The summed E-state index contributed by atoms with van der Waals surface area (Å²) in [6.45, 7) is 3.85. The number of phenols is 2. The van der Waals surface area contributed by atoms with Gasteiger partial charge in [-0.05, 0) is 91.7 Å². The zero-order valence-electron chi connectivity index (χ0n) is 17.5. The van der Waals surface area contributed by atoms with Crippen molar-refractivity contribution in [3.8, 4) is 28.4 Å². The van der Waals surface area contributed by atoms with E-state index in [1.807, 2.05) is 12.1 Å². The SMILES string of the molecule is O=C(c1ccc(OCCN2CCCCC2)cc1)c1ccc(O)cc1-c1ccc(O)cc1. The van der Waals surface area contributed by atoms with E-state index < -0.39 is 0 Å². The molecule has 1 saturated heterocycles. The van der Waals surface area contributed by atoms with Gasteiger partial charge in [0.1, 0.15) is 23.9 Å². The highest BCUT2D eigenvalue weighted by molar-refractivity contribution is 6.13. The van der Waals surface area contributed by atoms with Gasteiger partial charge in [-0.25, -0.2) is 0 Å². The van der Waals surface area contributed by atoms with Gasteiger partial charge in [0.05, 0.1) is 0 Å². The zero-order valence-corrected chi connectivity index (χ0v) is 17.5. The third kappa shape index (κ3) is 5.25. The van der Waals surface area contributed by atoms with Crippen LogP contribution in [-0.2, 0) is 0 Å². The summed E-state index contributed by atoms with van der Waals surface area (Å²) in [5.41, 5.74) is 2.40. The number of carbonyl (C=O) groups is 1. The van der Waals surface area contributed by atoms with E-state index in [1.54, 1.807) is 48.5 Å². The Morgan fingerprint density at radius 3 is 2.23 bits per heavy atom. The number of hydrogen-bond donors (Lipinski definition) is 2. The van der Waals surface area contributed by atoms with Crippen molar-refractivity contribution in [1.29, 1.82) is 0 Å². The number of ketones is 1. The van der Waals surface area contributed by atoms with E-state index in [4.69, 9.17) is 4.74 Å². The Morgan fingerprint density at radius 1 is 0.839 bits per heavy atom. The molecule has 0 radical (unpaired) electrons. The lowest BCUT2D eigenvalue weighted by atomic mass is 9.93. The van der Waals surface area contributed by atoms with Crippen LogP contribution in [0.15, 0.2) is 66.7 Å². The molecule has 5 heteroatoms. The van der Waals surface area contributed by atoms with E-state index in [1.165, 1.54) is 25.3 Å². The number of hydrogen-bond acceptors (Lipinski definition) is 5. The monoisotopic (exact) mass is 417 g/mol. The molecule has 1 aliphatic heterocycles. The first-order chi connectivity index (χ1) is 15.1. The van der Waals surface area contributed by atoms with Gasteiger partial charge in [0.15, 0.2) is 5.78 Å². The quantitative estimate of drug-likeness (QED) is 0.537. The summed E-state index contributed by atoms with van der Waals surface area (Å²) in [4.78, 5) is 15.6. The maximum Gasteiger partial charge on any atom is 0.193 e. The van der Waals surface area contributed by atoms with E-state index in [2.05, 4.69) is 4.90 Å². The minimum Gasteiger partial charge on any atom is -0.508 e. The van der Waals surface area contributed by atoms with Gasteiger partial charge < -0.3 is 14.9 Å². The fourth-order valence-corrected chi connectivity index (χ4v) is 3.94. The predicted molar refractivity (Wildman–Crippen MR) is 121 cm³/mol. The largest absolute Gasteiger partial charge is 0.508 e. The molecular weight excluding hydrogens is 390 g/mol. The van der Waals surface area contributed by atoms with E-state index in [0.717, 1.165) is 30.9 Å². The second-order valence-electron chi connectivity index (χ2n) is 7.88. The molecule has 3 aromatic carbocycles. The first-order valence-electron chi connectivity index (χ1n) is 10.7. The summed E-state index contributed by atoms with van der Waals surface area (Å²) in [7, 11) is 0. The summed E-state index contributed by atoms with van der Waals surface area (Å²) in [5, 5.41) is 19.5. The third-order valence-electron chi connectivity index (χ3n) is 5.67. The van der Waals surface area contributed by atoms with Crippen molar-refractivity contribution in [1.82, 2.24) is 4.90 Å². The van der Waals surface area contributed by atoms with Gasteiger partial charge in [0, 0.05) is 17.7 Å². The van der Waals surface area contributed by atoms with Crippen LogP contribution >= 0.6 is 0 Å². The maximum atomic E-state index is 13.2. The van der Waals surface area contributed by atoms with E-state index in [9.17, 15) is 15.0 Å². The van der Waals surface area contributed by atoms with Crippen LogP contribution in [0.4, 0.5) is 0 Å². The van der Waals surface area contributed by atoms with Gasteiger partial charge in [0.2, 0.25) is 0 Å². The van der Waals surface area contributed by atoms with Crippen molar-refractivity contribution >= 4 is 5.78 Å². The average Bonchev–Trinajstić information content (AvgIpc) is 2.80. The second-order valence-corrected chi connectivity index (χ2v) is 7.88. The van der Waals surface area contributed by atoms with Crippen LogP contribution in [0.3, 0.4) is 0 Å². The summed E-state index contributed by atoms with van der Waals surface area (Å²) in [6, 6.07) is 18.5. The summed E-state index contributed by atoms with van der Waals surface area (Å²) < 4.78 is 5.86. The molecule has 160 valence electrons. The number of benzene rings is 3. The molecule has 0 unspecified atom stereocenters. The first-order valence-corrected chi connectivity index (χ1v) is 10.7. The highest BCUT2D eigenvalue weighted by atomic mass is 16.5. The number of piperidine rings is 1. The van der Waals surface area contributed by atoms with Crippen LogP contribution in [0.25, 0.3) is 11.1 Å². The molecule has 0 bridgehead atoms. The molecule has 0 spiro atoms. The van der Waals surface area contributed by atoms with Crippen LogP contribution in [-0.4, -0.2) is 47.1 Å². The van der Waals surface area contributed by atoms with Crippen molar-refractivity contribution in [2.75, 3.05) is 26.2 Å². The zero-order chi connectivity index (χ0) is 21.6. The Kier molecular flexibility index (Phi) is 6.53. The molecule has 2 N–H and O–H groups in total. The van der Waals surface area contributed by atoms with Gasteiger partial charge in [0.25, 0.3) is 0 Å². The smallest absolute Gasteiger partial charge is 0.193 e. The number of carbonyl (C=O) groups excluding carboxylic acids is 1. The highest BCUT2D eigenvalue weighted by Crippen LogP contribution is 2.30. The van der Waals surface area contributed by atoms with Crippen LogP contribution in [0, 0.1) is 0 Å². The standard InChI is InChI=1S/C26H27NO4/c28-21-8-4-19(5-9-21)25-18-22(29)10-13-24(25)26(30)20-6-11-23(12-7-20)31-17-16-27-14-2-1-3-15-27/h4-13,18,28-29H,1-3,14-17H2. The van der Waals surface area contributed by atoms with E-state index in [0.29, 0.717) is 23.3 Å². The van der Waals surface area contributed by atoms with Gasteiger partial charge in [-0.3, -0.25) is 9.69 Å². The number of rotatable bonds is 7. The molecule has 1 aliphatic rings. The Bertz CT molecular complexity index is 1020. The Hall–Kier alpha value is -3.31. The Labute approximate surface area is 182 Å². The highest BCUT2D eigenvalue weighted by Gasteiger charge is 2.16. The molecule has 31 heavy (non-hydrogen) atoms. The topological polar surface area (TPSA) is 70.0 Å². The Morgan fingerprint density at radius 2 is 1.52 bits per heavy atom. The minimum atomic E-state index is -0.136. The molecule has 1 fully saturated rings. The predicted octanol–water partition coefficient (Wildman–Crippen LogP) is 4.86. The summed E-state index contributed by atoms with van der Waals surface area (Å²) >= 11 is 0. The van der Waals surface area contributed by atoms with Crippen LogP contribution < -0.4 is 4.74 Å². The van der Waals surface area contributed by atoms with Crippen molar-refractivity contribution in [2.24, 2.45) is 0 Å².